The first-order valence-corrected chi connectivity index (χ1v) is 6.20. The topological polar surface area (TPSA) is 0 Å². The van der Waals surface area contributed by atoms with Gasteiger partial charge in [-0.2, -0.15) is 0 Å². The summed E-state index contributed by atoms with van der Waals surface area (Å²) in [6.07, 6.45) is 7.49. The highest BCUT2D eigenvalue weighted by Gasteiger charge is 2.04. The summed E-state index contributed by atoms with van der Waals surface area (Å²) in [5, 5.41) is 0.521. The van der Waals surface area contributed by atoms with Gasteiger partial charge in [0, 0.05) is 10.1 Å². The number of allylic oxidation sites excluding steroid dienone is 1. The molecule has 1 rings (SSSR count). The van der Waals surface area contributed by atoms with Crippen molar-refractivity contribution < 1.29 is 0 Å². The van der Waals surface area contributed by atoms with Crippen LogP contribution in [-0.4, -0.2) is 5.25 Å². The second kappa shape index (κ2) is 7.36. The maximum atomic E-state index is 3.89. The Morgan fingerprint density at radius 2 is 1.93 bits per heavy atom. The van der Waals surface area contributed by atoms with E-state index < -0.39 is 0 Å². The lowest BCUT2D eigenvalue weighted by molar-refractivity contribution is 0.774. The number of thioether (sulfide) groups is 1. The van der Waals surface area contributed by atoms with E-state index in [9.17, 15) is 0 Å². The molecular weight excluding hydrogens is 200 g/mol. The van der Waals surface area contributed by atoms with Crippen LogP contribution in [0.1, 0.15) is 19.3 Å². The molecular formula is C14H18S. The molecule has 0 aliphatic heterocycles. The van der Waals surface area contributed by atoms with Gasteiger partial charge in [-0.25, -0.2) is 0 Å². The number of unbranched alkanes of at least 4 members (excludes halogenated alkanes) is 1. The quantitative estimate of drug-likeness (QED) is 0.363. The molecule has 1 heteroatoms. The van der Waals surface area contributed by atoms with Crippen molar-refractivity contribution in [2.75, 3.05) is 0 Å². The van der Waals surface area contributed by atoms with Gasteiger partial charge in [0.2, 0.25) is 0 Å². The summed E-state index contributed by atoms with van der Waals surface area (Å²) in [4.78, 5) is 1.32. The first-order chi connectivity index (χ1) is 7.36. The van der Waals surface area contributed by atoms with Crippen molar-refractivity contribution in [3.05, 3.63) is 55.6 Å². The highest BCUT2D eigenvalue weighted by Crippen LogP contribution is 2.26. The van der Waals surface area contributed by atoms with E-state index in [1.807, 2.05) is 30.0 Å². The van der Waals surface area contributed by atoms with Crippen molar-refractivity contribution in [2.45, 2.75) is 29.4 Å². The Morgan fingerprint density at radius 1 is 1.20 bits per heavy atom. The van der Waals surface area contributed by atoms with E-state index in [1.54, 1.807) is 0 Å². The van der Waals surface area contributed by atoms with Crippen molar-refractivity contribution in [1.82, 2.24) is 0 Å². The summed E-state index contributed by atoms with van der Waals surface area (Å²) in [6.45, 7) is 7.62. The van der Waals surface area contributed by atoms with Crippen LogP contribution in [0.2, 0.25) is 0 Å². The van der Waals surface area contributed by atoms with Gasteiger partial charge in [-0.3, -0.25) is 0 Å². The molecule has 0 saturated carbocycles. The second-order valence-electron chi connectivity index (χ2n) is 3.42. The van der Waals surface area contributed by atoms with Crippen LogP contribution in [-0.2, 0) is 0 Å². The SMILES string of the molecule is C=CCCCC(C=C)Sc1ccccc1. The lowest BCUT2D eigenvalue weighted by Crippen LogP contribution is -1.96. The number of benzene rings is 1. The molecule has 1 aromatic carbocycles. The van der Waals surface area contributed by atoms with Crippen LogP contribution in [0.4, 0.5) is 0 Å². The zero-order valence-corrected chi connectivity index (χ0v) is 9.88. The third-order valence-corrected chi connectivity index (χ3v) is 3.47. The number of hydrogen-bond acceptors (Lipinski definition) is 1. The van der Waals surface area contributed by atoms with Gasteiger partial charge in [-0.1, -0.05) is 30.4 Å². The van der Waals surface area contributed by atoms with Gasteiger partial charge >= 0.3 is 0 Å². The summed E-state index contributed by atoms with van der Waals surface area (Å²) in [5.41, 5.74) is 0. The lowest BCUT2D eigenvalue weighted by Gasteiger charge is -2.11. The van der Waals surface area contributed by atoms with E-state index >= 15 is 0 Å². The van der Waals surface area contributed by atoms with Gasteiger partial charge in [0.15, 0.2) is 0 Å². The standard InChI is InChI=1S/C14H18S/c1-3-5-7-10-13(4-2)15-14-11-8-6-9-12-14/h3-4,6,8-9,11-13H,1-2,5,7,10H2. The van der Waals surface area contributed by atoms with Crippen LogP contribution < -0.4 is 0 Å². The Hall–Kier alpha value is -0.950. The molecule has 1 unspecified atom stereocenters. The Balaban J connectivity index is 2.40. The van der Waals surface area contributed by atoms with Crippen LogP contribution in [0.15, 0.2) is 60.5 Å². The summed E-state index contributed by atoms with van der Waals surface area (Å²) in [7, 11) is 0. The predicted octanol–water partition coefficient (Wildman–Crippen LogP) is 4.69. The van der Waals surface area contributed by atoms with Gasteiger partial charge in [-0.15, -0.1) is 24.9 Å². The normalized spacial score (nSPS) is 12.0. The van der Waals surface area contributed by atoms with Crippen molar-refractivity contribution in [3.8, 4) is 0 Å². The molecule has 0 bridgehead atoms. The smallest absolute Gasteiger partial charge is 0.0271 e. The Bertz CT molecular complexity index is 289. The van der Waals surface area contributed by atoms with Crippen molar-refractivity contribution in [1.29, 1.82) is 0 Å². The third kappa shape index (κ3) is 4.89. The maximum absolute atomic E-state index is 3.89. The first kappa shape index (κ1) is 12.1. The van der Waals surface area contributed by atoms with E-state index in [0.717, 1.165) is 6.42 Å². The maximum Gasteiger partial charge on any atom is 0.0271 e. The zero-order valence-electron chi connectivity index (χ0n) is 9.06. The Kier molecular flexibility index (Phi) is 5.94. The van der Waals surface area contributed by atoms with Gasteiger partial charge in [0.05, 0.1) is 0 Å². The highest BCUT2D eigenvalue weighted by atomic mass is 32.2. The van der Waals surface area contributed by atoms with E-state index in [0.29, 0.717) is 5.25 Å². The van der Waals surface area contributed by atoms with Crippen LogP contribution in [0.5, 0.6) is 0 Å². The van der Waals surface area contributed by atoms with Gasteiger partial charge in [0.1, 0.15) is 0 Å². The fourth-order valence-electron chi connectivity index (χ4n) is 1.36. The van der Waals surface area contributed by atoms with E-state index in [-0.39, 0.29) is 0 Å². The minimum absolute atomic E-state index is 0.521. The van der Waals surface area contributed by atoms with E-state index in [2.05, 4.69) is 37.4 Å². The molecule has 0 radical (unpaired) electrons. The average molecular weight is 218 g/mol. The molecule has 0 heterocycles. The molecule has 1 aromatic rings. The molecule has 0 aliphatic carbocycles. The summed E-state index contributed by atoms with van der Waals surface area (Å²) in [6, 6.07) is 10.5. The lowest BCUT2D eigenvalue weighted by atomic mass is 10.2. The minimum atomic E-state index is 0.521. The van der Waals surface area contributed by atoms with E-state index in [1.165, 1.54) is 17.7 Å². The molecule has 0 fully saturated rings. The van der Waals surface area contributed by atoms with Gasteiger partial charge in [0.25, 0.3) is 0 Å². The average Bonchev–Trinajstić information content (AvgIpc) is 2.29. The fraction of sp³-hybridized carbons (Fsp3) is 0.286. The predicted molar refractivity (Wildman–Crippen MR) is 70.3 cm³/mol. The monoisotopic (exact) mass is 218 g/mol. The fourth-order valence-corrected chi connectivity index (χ4v) is 2.41. The highest BCUT2D eigenvalue weighted by molar-refractivity contribution is 8.00. The number of hydrogen-bond donors (Lipinski definition) is 0. The van der Waals surface area contributed by atoms with Crippen LogP contribution >= 0.6 is 11.8 Å². The Morgan fingerprint density at radius 3 is 2.53 bits per heavy atom. The van der Waals surface area contributed by atoms with Crippen molar-refractivity contribution >= 4 is 11.8 Å². The third-order valence-electron chi connectivity index (χ3n) is 2.19. The van der Waals surface area contributed by atoms with Crippen LogP contribution in [0, 0.1) is 0 Å². The molecule has 0 aliphatic rings. The molecule has 0 aromatic heterocycles. The molecule has 0 N–H and O–H groups in total. The largest absolute Gasteiger partial charge is 0.119 e. The molecule has 0 spiro atoms. The van der Waals surface area contributed by atoms with E-state index in [4.69, 9.17) is 0 Å². The van der Waals surface area contributed by atoms with Gasteiger partial charge in [-0.05, 0) is 31.4 Å². The van der Waals surface area contributed by atoms with Crippen LogP contribution in [0.3, 0.4) is 0 Å². The summed E-state index contributed by atoms with van der Waals surface area (Å²) < 4.78 is 0. The summed E-state index contributed by atoms with van der Waals surface area (Å²) in [5.74, 6) is 0. The molecule has 0 amide bonds. The minimum Gasteiger partial charge on any atom is -0.119 e. The molecule has 0 saturated heterocycles. The van der Waals surface area contributed by atoms with Gasteiger partial charge < -0.3 is 0 Å². The molecule has 15 heavy (non-hydrogen) atoms. The first-order valence-electron chi connectivity index (χ1n) is 5.32. The van der Waals surface area contributed by atoms with Crippen LogP contribution in [0.25, 0.3) is 0 Å². The van der Waals surface area contributed by atoms with Crippen molar-refractivity contribution in [2.24, 2.45) is 0 Å². The molecule has 1 atom stereocenters. The molecule has 0 nitrogen and oxygen atoms in total. The summed E-state index contributed by atoms with van der Waals surface area (Å²) >= 11 is 1.89. The molecule has 80 valence electrons. The Labute approximate surface area is 97.1 Å². The van der Waals surface area contributed by atoms with Crippen molar-refractivity contribution in [3.63, 3.8) is 0 Å². The zero-order chi connectivity index (χ0) is 10.9. The number of rotatable bonds is 7. The second-order valence-corrected chi connectivity index (χ2v) is 4.74.